The fourth-order valence-corrected chi connectivity index (χ4v) is 2.69. The zero-order valence-corrected chi connectivity index (χ0v) is 16.3. The van der Waals surface area contributed by atoms with Crippen molar-refractivity contribution in [1.29, 1.82) is 0 Å². The number of nitrogens with zero attached hydrogens (tertiary/aromatic N) is 5. The topological polar surface area (TPSA) is 104 Å². The predicted octanol–water partition coefficient (Wildman–Crippen LogP) is 2.44. The van der Waals surface area contributed by atoms with E-state index in [1.807, 2.05) is 19.9 Å². The van der Waals surface area contributed by atoms with Crippen molar-refractivity contribution in [2.75, 3.05) is 7.11 Å². The molecule has 0 saturated heterocycles. The molecular formula is C18H19ClN6O3. The van der Waals surface area contributed by atoms with Crippen LogP contribution < -0.4 is 14.8 Å². The third-order valence-electron chi connectivity index (χ3n) is 3.72. The van der Waals surface area contributed by atoms with Gasteiger partial charge in [0, 0.05) is 24.9 Å². The first-order valence-corrected chi connectivity index (χ1v) is 8.86. The standard InChI is InChI=1S/C18H19ClN6O3/c1-11(2)28-17-5-4-12(8-20-17)9-21-18(26)13-6-14(19)15(7-16(13)27-3)25-10-22-23-24-25/h4-8,10-11H,9H2,1-3H3,(H,21,26). The minimum atomic E-state index is -0.329. The number of tetrazole rings is 1. The van der Waals surface area contributed by atoms with Crippen LogP contribution in [0.25, 0.3) is 5.69 Å². The van der Waals surface area contributed by atoms with Crippen molar-refractivity contribution in [2.24, 2.45) is 0 Å². The molecular weight excluding hydrogens is 384 g/mol. The van der Waals surface area contributed by atoms with Gasteiger partial charge in [-0.3, -0.25) is 4.79 Å². The van der Waals surface area contributed by atoms with E-state index in [-0.39, 0.29) is 12.0 Å². The van der Waals surface area contributed by atoms with E-state index in [9.17, 15) is 4.79 Å². The van der Waals surface area contributed by atoms with Crippen LogP contribution in [0.2, 0.25) is 5.02 Å². The molecule has 0 saturated carbocycles. The summed E-state index contributed by atoms with van der Waals surface area (Å²) in [6.07, 6.45) is 3.11. The summed E-state index contributed by atoms with van der Waals surface area (Å²) in [4.78, 5) is 16.8. The highest BCUT2D eigenvalue weighted by Crippen LogP contribution is 2.29. The van der Waals surface area contributed by atoms with Gasteiger partial charge in [-0.2, -0.15) is 4.68 Å². The fraction of sp³-hybridized carbons (Fsp3) is 0.278. The molecule has 2 aromatic heterocycles. The summed E-state index contributed by atoms with van der Waals surface area (Å²) < 4.78 is 12.2. The van der Waals surface area contributed by atoms with E-state index in [0.717, 1.165) is 5.56 Å². The quantitative estimate of drug-likeness (QED) is 0.647. The predicted molar refractivity (Wildman–Crippen MR) is 102 cm³/mol. The Kier molecular flexibility index (Phi) is 6.05. The Bertz CT molecular complexity index is 945. The summed E-state index contributed by atoms with van der Waals surface area (Å²) in [7, 11) is 1.47. The fourth-order valence-electron chi connectivity index (χ4n) is 2.44. The van der Waals surface area contributed by atoms with E-state index in [1.54, 1.807) is 18.3 Å². The monoisotopic (exact) mass is 402 g/mol. The minimum absolute atomic E-state index is 0.0477. The van der Waals surface area contributed by atoms with Gasteiger partial charge in [0.2, 0.25) is 5.88 Å². The Morgan fingerprint density at radius 3 is 2.75 bits per heavy atom. The number of pyridine rings is 1. The first-order valence-electron chi connectivity index (χ1n) is 8.48. The molecule has 0 bridgehead atoms. The maximum atomic E-state index is 12.6. The SMILES string of the molecule is COc1cc(-n2cnnn2)c(Cl)cc1C(=O)NCc1ccc(OC(C)C)nc1. The van der Waals surface area contributed by atoms with Gasteiger partial charge in [-0.25, -0.2) is 4.98 Å². The van der Waals surface area contributed by atoms with Crippen molar-refractivity contribution < 1.29 is 14.3 Å². The molecule has 146 valence electrons. The number of rotatable bonds is 7. The third kappa shape index (κ3) is 4.55. The lowest BCUT2D eigenvalue weighted by Crippen LogP contribution is -2.23. The van der Waals surface area contributed by atoms with Gasteiger partial charge in [0.1, 0.15) is 12.1 Å². The number of nitrogens with one attached hydrogen (secondary N) is 1. The van der Waals surface area contributed by atoms with Crippen molar-refractivity contribution in [3.8, 4) is 17.3 Å². The molecule has 0 atom stereocenters. The lowest BCUT2D eigenvalue weighted by molar-refractivity contribution is 0.0948. The van der Waals surface area contributed by atoms with Crippen LogP contribution in [-0.4, -0.2) is 44.3 Å². The summed E-state index contributed by atoms with van der Waals surface area (Å²) in [6, 6.07) is 6.73. The highest BCUT2D eigenvalue weighted by molar-refractivity contribution is 6.33. The molecule has 10 heteroatoms. The number of hydrogen-bond donors (Lipinski definition) is 1. The van der Waals surface area contributed by atoms with Crippen LogP contribution in [0.5, 0.6) is 11.6 Å². The summed E-state index contributed by atoms with van der Waals surface area (Å²) in [5.74, 6) is 0.562. The number of carbonyl (C=O) groups excluding carboxylic acids is 1. The molecule has 0 aliphatic rings. The Morgan fingerprint density at radius 1 is 1.32 bits per heavy atom. The second-order valence-corrected chi connectivity index (χ2v) is 6.52. The van der Waals surface area contributed by atoms with Crippen molar-refractivity contribution in [1.82, 2.24) is 30.5 Å². The molecule has 0 spiro atoms. The molecule has 0 radical (unpaired) electrons. The van der Waals surface area contributed by atoms with E-state index in [2.05, 4.69) is 25.8 Å². The first kappa shape index (κ1) is 19.6. The Hall–Kier alpha value is -3.20. The Morgan fingerprint density at radius 2 is 2.14 bits per heavy atom. The highest BCUT2D eigenvalue weighted by Gasteiger charge is 2.17. The van der Waals surface area contributed by atoms with Crippen LogP contribution in [0.1, 0.15) is 29.8 Å². The molecule has 9 nitrogen and oxygen atoms in total. The summed E-state index contributed by atoms with van der Waals surface area (Å²) >= 11 is 6.29. The number of aromatic nitrogens is 5. The number of halogens is 1. The molecule has 3 aromatic rings. The second kappa shape index (κ2) is 8.66. The number of benzene rings is 1. The molecule has 2 heterocycles. The van der Waals surface area contributed by atoms with Crippen LogP contribution in [0.15, 0.2) is 36.8 Å². The molecule has 1 N–H and O–H groups in total. The number of methoxy groups -OCH3 is 1. The van der Waals surface area contributed by atoms with Gasteiger partial charge in [-0.1, -0.05) is 17.7 Å². The maximum absolute atomic E-state index is 12.6. The van der Waals surface area contributed by atoms with Crippen LogP contribution >= 0.6 is 11.6 Å². The average molecular weight is 403 g/mol. The molecule has 3 rings (SSSR count). The molecule has 0 unspecified atom stereocenters. The Labute approximate surface area is 166 Å². The van der Waals surface area contributed by atoms with Crippen LogP contribution in [-0.2, 0) is 6.54 Å². The number of hydrogen-bond acceptors (Lipinski definition) is 7. The van der Waals surface area contributed by atoms with E-state index in [1.165, 1.54) is 24.2 Å². The van der Waals surface area contributed by atoms with E-state index < -0.39 is 0 Å². The minimum Gasteiger partial charge on any atom is -0.496 e. The van der Waals surface area contributed by atoms with Gasteiger partial charge in [0.15, 0.2) is 0 Å². The van der Waals surface area contributed by atoms with Crippen molar-refractivity contribution in [3.63, 3.8) is 0 Å². The Balaban J connectivity index is 1.72. The zero-order valence-electron chi connectivity index (χ0n) is 15.6. The van der Waals surface area contributed by atoms with Gasteiger partial charge in [0.25, 0.3) is 5.91 Å². The smallest absolute Gasteiger partial charge is 0.255 e. The highest BCUT2D eigenvalue weighted by atomic mass is 35.5. The lowest BCUT2D eigenvalue weighted by Gasteiger charge is -2.13. The van der Waals surface area contributed by atoms with E-state index in [0.29, 0.717) is 34.4 Å². The number of ether oxygens (including phenoxy) is 2. The summed E-state index contributed by atoms with van der Waals surface area (Å²) in [5, 5.41) is 14.1. The van der Waals surface area contributed by atoms with Gasteiger partial charge in [-0.05, 0) is 35.9 Å². The summed E-state index contributed by atoms with van der Waals surface area (Å²) in [5.41, 5.74) is 1.64. The van der Waals surface area contributed by atoms with Gasteiger partial charge >= 0.3 is 0 Å². The van der Waals surface area contributed by atoms with Crippen LogP contribution in [0.4, 0.5) is 0 Å². The van der Waals surface area contributed by atoms with Gasteiger partial charge < -0.3 is 14.8 Å². The van der Waals surface area contributed by atoms with Crippen molar-refractivity contribution in [3.05, 3.63) is 52.9 Å². The lowest BCUT2D eigenvalue weighted by atomic mass is 10.1. The molecule has 0 aliphatic heterocycles. The third-order valence-corrected chi connectivity index (χ3v) is 4.02. The van der Waals surface area contributed by atoms with E-state index >= 15 is 0 Å². The van der Waals surface area contributed by atoms with Crippen molar-refractivity contribution in [2.45, 2.75) is 26.5 Å². The van der Waals surface area contributed by atoms with Crippen LogP contribution in [0.3, 0.4) is 0 Å². The molecule has 28 heavy (non-hydrogen) atoms. The number of amides is 1. The largest absolute Gasteiger partial charge is 0.496 e. The molecule has 0 fully saturated rings. The second-order valence-electron chi connectivity index (χ2n) is 6.11. The molecule has 0 aliphatic carbocycles. The zero-order chi connectivity index (χ0) is 20.1. The van der Waals surface area contributed by atoms with Gasteiger partial charge in [0.05, 0.1) is 29.5 Å². The number of carbonyl (C=O) groups is 1. The average Bonchev–Trinajstić information content (AvgIpc) is 3.21. The molecule has 1 aromatic carbocycles. The first-order chi connectivity index (χ1) is 13.5. The molecule has 1 amide bonds. The van der Waals surface area contributed by atoms with E-state index in [4.69, 9.17) is 21.1 Å². The maximum Gasteiger partial charge on any atom is 0.255 e. The van der Waals surface area contributed by atoms with Crippen LogP contribution in [0, 0.1) is 0 Å². The van der Waals surface area contributed by atoms with Gasteiger partial charge in [-0.15, -0.1) is 5.10 Å². The normalized spacial score (nSPS) is 10.8. The summed E-state index contributed by atoms with van der Waals surface area (Å²) in [6.45, 7) is 4.15. The van der Waals surface area contributed by atoms with Crippen molar-refractivity contribution >= 4 is 17.5 Å².